The Labute approximate surface area is 118 Å². The molecule has 0 spiro atoms. The van der Waals surface area contributed by atoms with Crippen LogP contribution in [0, 0.1) is 0 Å². The van der Waals surface area contributed by atoms with Gasteiger partial charge in [-0.05, 0) is 28.4 Å². The van der Waals surface area contributed by atoms with Crippen LogP contribution in [0.4, 0.5) is 0 Å². The largest absolute Gasteiger partial charge is 0.380 e. The zero-order valence-corrected chi connectivity index (χ0v) is 11.9. The minimum Gasteiger partial charge on any atom is -0.380 e. The molecule has 0 amide bonds. The minimum absolute atomic E-state index is 0.0614. The lowest BCUT2D eigenvalue weighted by atomic mass is 10.2. The Balaban J connectivity index is 1.80. The van der Waals surface area contributed by atoms with Crippen LogP contribution in [0.3, 0.4) is 0 Å². The third-order valence-electron chi connectivity index (χ3n) is 3.13. The topological polar surface area (TPSA) is 73.1 Å². The number of methoxy groups -OCH3 is 1. The number of nitrogens with one attached hydrogen (secondary N) is 1. The molecule has 0 bridgehead atoms. The summed E-state index contributed by atoms with van der Waals surface area (Å²) < 4.78 is 11.5. The predicted molar refractivity (Wildman–Crippen MR) is 71.4 cm³/mol. The number of pyridine rings is 1. The summed E-state index contributed by atoms with van der Waals surface area (Å²) in [6, 6.07) is 1.97. The van der Waals surface area contributed by atoms with E-state index in [4.69, 9.17) is 9.26 Å². The normalized spacial score (nSPS) is 22.8. The summed E-state index contributed by atoms with van der Waals surface area (Å²) in [5.41, 5.74) is 0.825. The van der Waals surface area contributed by atoms with Crippen LogP contribution in [0.25, 0.3) is 11.4 Å². The molecule has 0 unspecified atom stereocenters. The van der Waals surface area contributed by atoms with Gasteiger partial charge in [0.2, 0.25) is 11.7 Å². The lowest BCUT2D eigenvalue weighted by Crippen LogP contribution is -2.16. The van der Waals surface area contributed by atoms with Crippen LogP contribution in [0.5, 0.6) is 0 Å². The first-order valence-electron chi connectivity index (χ1n) is 5.97. The molecule has 2 aromatic rings. The van der Waals surface area contributed by atoms with Crippen molar-refractivity contribution in [2.45, 2.75) is 18.6 Å². The molecule has 0 saturated carbocycles. The van der Waals surface area contributed by atoms with Gasteiger partial charge in [-0.15, -0.1) is 0 Å². The van der Waals surface area contributed by atoms with Crippen molar-refractivity contribution < 1.29 is 9.26 Å². The van der Waals surface area contributed by atoms with E-state index in [1.54, 1.807) is 19.5 Å². The van der Waals surface area contributed by atoms with Crippen molar-refractivity contribution in [1.29, 1.82) is 0 Å². The number of halogens is 1. The average molecular weight is 325 g/mol. The molecule has 3 heterocycles. The predicted octanol–water partition coefficient (Wildman–Crippen LogP) is 1.94. The van der Waals surface area contributed by atoms with Crippen molar-refractivity contribution >= 4 is 15.9 Å². The highest BCUT2D eigenvalue weighted by Gasteiger charge is 2.29. The third-order valence-corrected chi connectivity index (χ3v) is 3.56. The lowest BCUT2D eigenvalue weighted by molar-refractivity contribution is 0.116. The van der Waals surface area contributed by atoms with E-state index in [1.807, 2.05) is 6.07 Å². The van der Waals surface area contributed by atoms with Gasteiger partial charge in [-0.2, -0.15) is 4.98 Å². The molecule has 19 heavy (non-hydrogen) atoms. The number of hydrogen-bond donors (Lipinski definition) is 1. The molecule has 2 aromatic heterocycles. The number of rotatable bonds is 3. The summed E-state index contributed by atoms with van der Waals surface area (Å²) in [6.45, 7) is 0.803. The zero-order chi connectivity index (χ0) is 13.2. The Morgan fingerprint density at radius 3 is 3.11 bits per heavy atom. The summed E-state index contributed by atoms with van der Waals surface area (Å²) >= 11 is 3.37. The van der Waals surface area contributed by atoms with Crippen LogP contribution in [-0.2, 0) is 4.74 Å². The molecule has 0 aromatic carbocycles. The summed E-state index contributed by atoms with van der Waals surface area (Å²) in [4.78, 5) is 8.50. The van der Waals surface area contributed by atoms with Crippen LogP contribution in [0.2, 0.25) is 0 Å². The number of nitrogens with zero attached hydrogens (tertiary/aromatic N) is 3. The standard InChI is InChI=1S/C12H13BrN4O2/c1-18-9-3-10(15-6-9)12-16-11(17-19-12)7-2-8(13)5-14-4-7/h2,4-5,9-10,15H,3,6H2,1H3/t9-,10+/m0/s1. The van der Waals surface area contributed by atoms with Crippen LogP contribution >= 0.6 is 15.9 Å². The van der Waals surface area contributed by atoms with Gasteiger partial charge in [-0.25, -0.2) is 0 Å². The van der Waals surface area contributed by atoms with Crippen LogP contribution in [-0.4, -0.2) is 34.9 Å². The lowest BCUT2D eigenvalue weighted by Gasteiger charge is -2.04. The van der Waals surface area contributed by atoms with Gasteiger partial charge in [0.15, 0.2) is 0 Å². The summed E-state index contributed by atoms with van der Waals surface area (Å²) in [5, 5.41) is 7.30. The molecule has 6 nitrogen and oxygen atoms in total. The molecule has 1 N–H and O–H groups in total. The van der Waals surface area contributed by atoms with Crippen molar-refractivity contribution in [2.24, 2.45) is 0 Å². The highest BCUT2D eigenvalue weighted by Crippen LogP contribution is 2.26. The molecule has 0 aliphatic carbocycles. The SMILES string of the molecule is CO[C@@H]1CN[C@@H](c2nc(-c3cncc(Br)c3)no2)C1. The second kappa shape index (κ2) is 5.36. The van der Waals surface area contributed by atoms with Gasteiger partial charge in [0.25, 0.3) is 0 Å². The smallest absolute Gasteiger partial charge is 0.244 e. The number of aromatic nitrogens is 3. The molecule has 1 fully saturated rings. The maximum Gasteiger partial charge on any atom is 0.244 e. The fraction of sp³-hybridized carbons (Fsp3) is 0.417. The van der Waals surface area contributed by atoms with E-state index in [2.05, 4.69) is 36.4 Å². The van der Waals surface area contributed by atoms with E-state index < -0.39 is 0 Å². The number of hydrogen-bond acceptors (Lipinski definition) is 6. The van der Waals surface area contributed by atoms with Gasteiger partial charge in [0, 0.05) is 36.1 Å². The third kappa shape index (κ3) is 2.68. The average Bonchev–Trinajstić information content (AvgIpc) is 3.07. The molecule has 7 heteroatoms. The van der Waals surface area contributed by atoms with E-state index in [1.165, 1.54) is 0 Å². The molecule has 2 atom stereocenters. The Kier molecular flexibility index (Phi) is 3.58. The summed E-state index contributed by atoms with van der Waals surface area (Å²) in [7, 11) is 1.71. The Morgan fingerprint density at radius 1 is 1.47 bits per heavy atom. The first-order valence-corrected chi connectivity index (χ1v) is 6.76. The first kappa shape index (κ1) is 12.7. The molecule has 0 radical (unpaired) electrons. The molecule has 1 aliphatic rings. The Morgan fingerprint density at radius 2 is 2.37 bits per heavy atom. The van der Waals surface area contributed by atoms with Crippen LogP contribution in [0.1, 0.15) is 18.4 Å². The monoisotopic (exact) mass is 324 g/mol. The van der Waals surface area contributed by atoms with Gasteiger partial charge in [-0.1, -0.05) is 5.16 Å². The molecule has 100 valence electrons. The highest BCUT2D eigenvalue weighted by atomic mass is 79.9. The maximum atomic E-state index is 5.31. The van der Waals surface area contributed by atoms with Crippen LogP contribution < -0.4 is 5.32 Å². The quantitative estimate of drug-likeness (QED) is 0.930. The van der Waals surface area contributed by atoms with Crippen LogP contribution in [0.15, 0.2) is 27.5 Å². The Hall–Kier alpha value is -1.31. The summed E-state index contributed by atoms with van der Waals surface area (Å²) in [5.74, 6) is 1.14. The molecular weight excluding hydrogens is 312 g/mol. The molecule has 3 rings (SSSR count). The zero-order valence-electron chi connectivity index (χ0n) is 10.3. The van der Waals surface area contributed by atoms with Gasteiger partial charge in [-0.3, -0.25) is 4.98 Å². The molecule has 1 aliphatic heterocycles. The first-order chi connectivity index (χ1) is 9.26. The van der Waals surface area contributed by atoms with E-state index in [9.17, 15) is 0 Å². The van der Waals surface area contributed by atoms with Crippen molar-refractivity contribution in [2.75, 3.05) is 13.7 Å². The molecule has 1 saturated heterocycles. The second-order valence-corrected chi connectivity index (χ2v) is 5.32. The summed E-state index contributed by atoms with van der Waals surface area (Å²) in [6.07, 6.45) is 4.47. The van der Waals surface area contributed by atoms with Crippen molar-refractivity contribution in [3.05, 3.63) is 28.8 Å². The number of ether oxygens (including phenoxy) is 1. The minimum atomic E-state index is 0.0614. The van der Waals surface area contributed by atoms with E-state index in [0.29, 0.717) is 11.7 Å². The van der Waals surface area contributed by atoms with Crippen molar-refractivity contribution in [3.63, 3.8) is 0 Å². The Bertz CT molecular complexity index is 574. The van der Waals surface area contributed by atoms with E-state index in [0.717, 1.165) is 23.0 Å². The highest BCUT2D eigenvalue weighted by molar-refractivity contribution is 9.10. The van der Waals surface area contributed by atoms with Gasteiger partial charge in [0.1, 0.15) is 0 Å². The van der Waals surface area contributed by atoms with Gasteiger partial charge >= 0.3 is 0 Å². The van der Waals surface area contributed by atoms with E-state index in [-0.39, 0.29) is 12.1 Å². The van der Waals surface area contributed by atoms with Gasteiger partial charge in [0.05, 0.1) is 12.1 Å². The molecular formula is C12H13BrN4O2. The second-order valence-electron chi connectivity index (χ2n) is 4.40. The fourth-order valence-corrected chi connectivity index (χ4v) is 2.46. The van der Waals surface area contributed by atoms with E-state index >= 15 is 0 Å². The van der Waals surface area contributed by atoms with Crippen molar-refractivity contribution in [3.8, 4) is 11.4 Å². The van der Waals surface area contributed by atoms with Gasteiger partial charge < -0.3 is 14.6 Å². The maximum absolute atomic E-state index is 5.31. The fourth-order valence-electron chi connectivity index (χ4n) is 2.10. The van der Waals surface area contributed by atoms with Crippen molar-refractivity contribution in [1.82, 2.24) is 20.4 Å².